The summed E-state index contributed by atoms with van der Waals surface area (Å²) in [5, 5.41) is 3.46. The van der Waals surface area contributed by atoms with E-state index in [9.17, 15) is 0 Å². The topological polar surface area (TPSA) is 41.0 Å². The van der Waals surface area contributed by atoms with E-state index in [2.05, 4.69) is 34.0 Å². The molecular weight excluding hydrogens is 224 g/mol. The molecule has 0 spiro atoms. The van der Waals surface area contributed by atoms with E-state index in [1.54, 1.807) is 0 Å². The molecule has 0 saturated carbocycles. The molecule has 4 heteroatoms. The van der Waals surface area contributed by atoms with E-state index in [0.29, 0.717) is 6.04 Å². The number of nitrogens with one attached hydrogen (secondary N) is 1. The summed E-state index contributed by atoms with van der Waals surface area (Å²) in [6.07, 6.45) is 8.55. The molecule has 1 saturated heterocycles. The quantitative estimate of drug-likeness (QED) is 0.868. The van der Waals surface area contributed by atoms with Crippen molar-refractivity contribution in [1.29, 1.82) is 0 Å². The summed E-state index contributed by atoms with van der Waals surface area (Å²) < 4.78 is 0. The maximum Gasteiger partial charge on any atom is 0.222 e. The number of hydrogen-bond donors (Lipinski definition) is 1. The standard InChI is InChI=1S/C14H24N4/c1-3-7-18-8-5-6-13(11-18)17-14-15-9-12(4-2)10-16-14/h9-10,13H,3-8,11H2,1-2H3,(H,15,16,17). The van der Waals surface area contributed by atoms with Crippen molar-refractivity contribution in [2.75, 3.05) is 25.0 Å². The molecule has 1 aliphatic heterocycles. The van der Waals surface area contributed by atoms with Gasteiger partial charge in [-0.2, -0.15) is 0 Å². The van der Waals surface area contributed by atoms with Crippen molar-refractivity contribution in [2.24, 2.45) is 0 Å². The lowest BCUT2D eigenvalue weighted by Crippen LogP contribution is -2.42. The average Bonchev–Trinajstić information content (AvgIpc) is 2.40. The molecule has 2 rings (SSSR count). The number of piperidine rings is 1. The van der Waals surface area contributed by atoms with Crippen molar-refractivity contribution in [3.05, 3.63) is 18.0 Å². The number of rotatable bonds is 5. The Balaban J connectivity index is 1.87. The highest BCUT2D eigenvalue weighted by molar-refractivity contribution is 5.26. The minimum atomic E-state index is 0.498. The summed E-state index contributed by atoms with van der Waals surface area (Å²) in [4.78, 5) is 11.3. The average molecular weight is 248 g/mol. The van der Waals surface area contributed by atoms with Crippen LogP contribution in [0.5, 0.6) is 0 Å². The molecule has 1 atom stereocenters. The van der Waals surface area contributed by atoms with Crippen LogP contribution in [0.4, 0.5) is 5.95 Å². The number of anilines is 1. The highest BCUT2D eigenvalue weighted by atomic mass is 15.2. The molecule has 0 aromatic carbocycles. The minimum absolute atomic E-state index is 0.498. The van der Waals surface area contributed by atoms with Crippen molar-refractivity contribution in [3.8, 4) is 0 Å². The van der Waals surface area contributed by atoms with Crippen LogP contribution in [0.25, 0.3) is 0 Å². The van der Waals surface area contributed by atoms with Crippen LogP contribution >= 0.6 is 0 Å². The minimum Gasteiger partial charge on any atom is -0.350 e. The van der Waals surface area contributed by atoms with E-state index in [1.807, 2.05) is 12.4 Å². The van der Waals surface area contributed by atoms with Crippen LogP contribution < -0.4 is 5.32 Å². The molecule has 1 fully saturated rings. The fourth-order valence-electron chi connectivity index (χ4n) is 2.49. The van der Waals surface area contributed by atoms with E-state index in [0.717, 1.165) is 18.9 Å². The zero-order chi connectivity index (χ0) is 12.8. The molecule has 0 amide bonds. The van der Waals surface area contributed by atoms with Crippen LogP contribution in [-0.4, -0.2) is 40.5 Å². The molecule has 1 aromatic rings. The zero-order valence-electron chi connectivity index (χ0n) is 11.5. The Labute approximate surface area is 110 Å². The molecule has 2 heterocycles. The van der Waals surface area contributed by atoms with Crippen molar-refractivity contribution in [3.63, 3.8) is 0 Å². The SMILES string of the molecule is CCCN1CCCC(Nc2ncc(CC)cn2)C1. The van der Waals surface area contributed by atoms with E-state index < -0.39 is 0 Å². The summed E-state index contributed by atoms with van der Waals surface area (Å²) in [6.45, 7) is 7.92. The van der Waals surface area contributed by atoms with E-state index in [-0.39, 0.29) is 0 Å². The second-order valence-electron chi connectivity index (χ2n) is 5.05. The van der Waals surface area contributed by atoms with Crippen molar-refractivity contribution in [2.45, 2.75) is 45.6 Å². The van der Waals surface area contributed by atoms with E-state index >= 15 is 0 Å². The second kappa shape index (κ2) is 6.69. The highest BCUT2D eigenvalue weighted by Gasteiger charge is 2.19. The molecule has 0 aliphatic carbocycles. The molecule has 100 valence electrons. The van der Waals surface area contributed by atoms with Gasteiger partial charge < -0.3 is 10.2 Å². The van der Waals surface area contributed by atoms with Gasteiger partial charge in [0.1, 0.15) is 0 Å². The summed E-state index contributed by atoms with van der Waals surface area (Å²) in [7, 11) is 0. The predicted octanol–water partition coefficient (Wildman–Crippen LogP) is 2.33. The van der Waals surface area contributed by atoms with Gasteiger partial charge in [-0.1, -0.05) is 13.8 Å². The van der Waals surface area contributed by atoms with Gasteiger partial charge >= 0.3 is 0 Å². The van der Waals surface area contributed by atoms with Gasteiger partial charge in [-0.15, -0.1) is 0 Å². The van der Waals surface area contributed by atoms with Gasteiger partial charge in [-0.25, -0.2) is 9.97 Å². The Morgan fingerprint density at radius 2 is 2.11 bits per heavy atom. The number of likely N-dealkylation sites (tertiary alicyclic amines) is 1. The lowest BCUT2D eigenvalue weighted by Gasteiger charge is -2.32. The Kier molecular flexibility index (Phi) is 4.93. The molecule has 1 N–H and O–H groups in total. The third kappa shape index (κ3) is 3.67. The van der Waals surface area contributed by atoms with Gasteiger partial charge in [0.05, 0.1) is 0 Å². The van der Waals surface area contributed by atoms with Crippen LogP contribution in [-0.2, 0) is 6.42 Å². The van der Waals surface area contributed by atoms with Crippen LogP contribution in [0.2, 0.25) is 0 Å². The summed E-state index contributed by atoms with van der Waals surface area (Å²) >= 11 is 0. The first-order valence-corrected chi connectivity index (χ1v) is 7.11. The molecule has 18 heavy (non-hydrogen) atoms. The maximum absolute atomic E-state index is 4.37. The van der Waals surface area contributed by atoms with Gasteiger partial charge in [0.25, 0.3) is 0 Å². The smallest absolute Gasteiger partial charge is 0.222 e. The Morgan fingerprint density at radius 3 is 2.78 bits per heavy atom. The predicted molar refractivity (Wildman–Crippen MR) is 74.8 cm³/mol. The monoisotopic (exact) mass is 248 g/mol. The van der Waals surface area contributed by atoms with Gasteiger partial charge in [-0.3, -0.25) is 0 Å². The van der Waals surface area contributed by atoms with E-state index in [4.69, 9.17) is 0 Å². The van der Waals surface area contributed by atoms with Crippen molar-refractivity contribution >= 4 is 5.95 Å². The van der Waals surface area contributed by atoms with Gasteiger partial charge in [0.15, 0.2) is 0 Å². The first kappa shape index (κ1) is 13.3. The summed E-state index contributed by atoms with van der Waals surface area (Å²) in [5.74, 6) is 0.774. The number of nitrogens with zero attached hydrogens (tertiary/aromatic N) is 3. The second-order valence-corrected chi connectivity index (χ2v) is 5.05. The zero-order valence-corrected chi connectivity index (χ0v) is 11.5. The molecule has 1 unspecified atom stereocenters. The Morgan fingerprint density at radius 1 is 1.33 bits per heavy atom. The largest absolute Gasteiger partial charge is 0.350 e. The summed E-state index contributed by atoms with van der Waals surface area (Å²) in [6, 6.07) is 0.498. The molecule has 1 aliphatic rings. The van der Waals surface area contributed by atoms with Crippen LogP contribution in [0.3, 0.4) is 0 Å². The highest BCUT2D eigenvalue weighted by Crippen LogP contribution is 2.14. The Bertz CT molecular complexity index is 347. The van der Waals surface area contributed by atoms with E-state index in [1.165, 1.54) is 37.9 Å². The number of hydrogen-bond acceptors (Lipinski definition) is 4. The maximum atomic E-state index is 4.37. The Hall–Kier alpha value is -1.16. The normalized spacial score (nSPS) is 20.9. The fraction of sp³-hybridized carbons (Fsp3) is 0.714. The molecule has 0 bridgehead atoms. The van der Waals surface area contributed by atoms with Crippen LogP contribution in [0, 0.1) is 0 Å². The molecule has 4 nitrogen and oxygen atoms in total. The lowest BCUT2D eigenvalue weighted by atomic mass is 10.1. The number of aromatic nitrogens is 2. The first-order valence-electron chi connectivity index (χ1n) is 7.11. The van der Waals surface area contributed by atoms with Gasteiger partial charge in [0.2, 0.25) is 5.95 Å². The van der Waals surface area contributed by atoms with Crippen molar-refractivity contribution < 1.29 is 0 Å². The van der Waals surface area contributed by atoms with Crippen LogP contribution in [0.15, 0.2) is 12.4 Å². The number of aryl methyl sites for hydroxylation is 1. The van der Waals surface area contributed by atoms with Gasteiger partial charge in [-0.05, 0) is 44.3 Å². The first-order chi connectivity index (χ1) is 8.81. The third-order valence-electron chi connectivity index (χ3n) is 3.49. The molecule has 0 radical (unpaired) electrons. The van der Waals surface area contributed by atoms with Crippen LogP contribution in [0.1, 0.15) is 38.7 Å². The third-order valence-corrected chi connectivity index (χ3v) is 3.49. The molecule has 1 aromatic heterocycles. The fourth-order valence-corrected chi connectivity index (χ4v) is 2.49. The summed E-state index contributed by atoms with van der Waals surface area (Å²) in [5.41, 5.74) is 1.19. The van der Waals surface area contributed by atoms with Crippen molar-refractivity contribution in [1.82, 2.24) is 14.9 Å². The molecular formula is C14H24N4. The lowest BCUT2D eigenvalue weighted by molar-refractivity contribution is 0.216. The van der Waals surface area contributed by atoms with Gasteiger partial charge in [0, 0.05) is 25.0 Å².